The molecule has 0 aliphatic carbocycles. The Morgan fingerprint density at radius 2 is 2.36 bits per heavy atom. The first kappa shape index (κ1) is 11.0. The van der Waals surface area contributed by atoms with Gasteiger partial charge in [-0.3, -0.25) is 4.79 Å². The minimum atomic E-state index is -0.749. The molecule has 0 unspecified atom stereocenters. The average molecular weight is 230 g/mol. The van der Waals surface area contributed by atoms with Crippen LogP contribution in [0, 0.1) is 12.3 Å². The summed E-state index contributed by atoms with van der Waals surface area (Å²) in [4.78, 5) is 14.7. The first-order valence-corrected chi connectivity index (χ1v) is 4.96. The van der Waals surface area contributed by atoms with Crippen LogP contribution in [-0.2, 0) is 0 Å². The van der Waals surface area contributed by atoms with Crippen LogP contribution in [0.5, 0.6) is 5.19 Å². The van der Waals surface area contributed by atoms with Gasteiger partial charge in [-0.1, -0.05) is 28.9 Å². The summed E-state index contributed by atoms with van der Waals surface area (Å²) in [6, 6.07) is 0. The molecule has 1 aromatic rings. The Balaban J connectivity index is 2.89. The average Bonchev–Trinajstić information content (AvgIpc) is 2.45. The summed E-state index contributed by atoms with van der Waals surface area (Å²) in [5.74, 6) is 2.45. The second-order valence-electron chi connectivity index (χ2n) is 3.01. The Hall–Kier alpha value is -1.05. The molecule has 5 heteroatoms. The number of terminal acetylenes is 1. The molecule has 0 N–H and O–H groups in total. The summed E-state index contributed by atoms with van der Waals surface area (Å²) in [5.41, 5.74) is -0.749. The lowest BCUT2D eigenvalue weighted by atomic mass is 10.2. The number of hydrogen-bond donors (Lipinski definition) is 0. The van der Waals surface area contributed by atoms with E-state index in [-0.39, 0.29) is 5.15 Å². The standard InChI is InChI=1S/C9H8ClNO2S/c1-4-9(2,3)13-8-11-7(10)6(5-12)14-8/h1,5H,2-3H3. The largest absolute Gasteiger partial charge is 0.451 e. The number of ether oxygens (including phenoxy) is 1. The quantitative estimate of drug-likeness (QED) is 0.590. The van der Waals surface area contributed by atoms with Crippen LogP contribution in [0.25, 0.3) is 0 Å². The molecule has 0 amide bonds. The van der Waals surface area contributed by atoms with Crippen LogP contribution in [0.4, 0.5) is 0 Å². The molecule has 14 heavy (non-hydrogen) atoms. The highest BCUT2D eigenvalue weighted by atomic mass is 35.5. The van der Waals surface area contributed by atoms with Crippen molar-refractivity contribution in [3.8, 4) is 17.5 Å². The molecule has 1 heterocycles. The molecule has 0 radical (unpaired) electrons. The Morgan fingerprint density at radius 3 is 2.79 bits per heavy atom. The molecule has 74 valence electrons. The molecule has 1 rings (SSSR count). The van der Waals surface area contributed by atoms with Crippen molar-refractivity contribution >= 4 is 29.2 Å². The summed E-state index contributed by atoms with van der Waals surface area (Å²) in [6.45, 7) is 3.45. The highest BCUT2D eigenvalue weighted by Gasteiger charge is 2.19. The molecule has 0 atom stereocenters. The summed E-state index contributed by atoms with van der Waals surface area (Å²) in [6.07, 6.45) is 5.87. The molecule has 0 bridgehead atoms. The predicted octanol–water partition coefficient (Wildman–Crippen LogP) is 2.40. The van der Waals surface area contributed by atoms with Crippen LogP contribution in [0.15, 0.2) is 0 Å². The molecular weight excluding hydrogens is 222 g/mol. The third-order valence-corrected chi connectivity index (χ3v) is 2.65. The van der Waals surface area contributed by atoms with E-state index in [4.69, 9.17) is 22.8 Å². The van der Waals surface area contributed by atoms with Crippen molar-refractivity contribution in [2.24, 2.45) is 0 Å². The van der Waals surface area contributed by atoms with Crippen LogP contribution in [0.3, 0.4) is 0 Å². The summed E-state index contributed by atoms with van der Waals surface area (Å²) in [5, 5.41) is 0.452. The van der Waals surface area contributed by atoms with Crippen LogP contribution in [0.2, 0.25) is 5.15 Å². The van der Waals surface area contributed by atoms with Gasteiger partial charge in [-0.25, -0.2) is 0 Å². The number of carbonyl (C=O) groups is 1. The van der Waals surface area contributed by atoms with Crippen molar-refractivity contribution in [3.05, 3.63) is 10.0 Å². The second kappa shape index (κ2) is 3.99. The molecular formula is C9H8ClNO2S. The number of thiazole rings is 1. The van der Waals surface area contributed by atoms with Gasteiger partial charge >= 0.3 is 0 Å². The van der Waals surface area contributed by atoms with E-state index in [1.54, 1.807) is 13.8 Å². The van der Waals surface area contributed by atoms with E-state index in [9.17, 15) is 4.79 Å². The maximum atomic E-state index is 10.5. The van der Waals surface area contributed by atoms with E-state index < -0.39 is 5.60 Å². The molecule has 1 aromatic heterocycles. The third-order valence-electron chi connectivity index (χ3n) is 1.39. The van der Waals surface area contributed by atoms with E-state index in [2.05, 4.69) is 10.9 Å². The van der Waals surface area contributed by atoms with Gasteiger partial charge in [0.1, 0.15) is 4.88 Å². The Morgan fingerprint density at radius 1 is 1.71 bits per heavy atom. The fraction of sp³-hybridized carbons (Fsp3) is 0.333. The number of hydrogen-bond acceptors (Lipinski definition) is 4. The second-order valence-corrected chi connectivity index (χ2v) is 4.36. The van der Waals surface area contributed by atoms with Crippen molar-refractivity contribution in [1.29, 1.82) is 0 Å². The Kier molecular flexibility index (Phi) is 3.14. The molecule has 0 saturated heterocycles. The highest BCUT2D eigenvalue weighted by molar-refractivity contribution is 7.15. The van der Waals surface area contributed by atoms with Crippen molar-refractivity contribution in [2.45, 2.75) is 19.4 Å². The maximum Gasteiger partial charge on any atom is 0.276 e. The first-order valence-electron chi connectivity index (χ1n) is 3.77. The highest BCUT2D eigenvalue weighted by Crippen LogP contribution is 2.29. The molecule has 0 saturated carbocycles. The van der Waals surface area contributed by atoms with Crippen LogP contribution in [-0.4, -0.2) is 16.9 Å². The van der Waals surface area contributed by atoms with Gasteiger partial charge < -0.3 is 4.74 Å². The lowest BCUT2D eigenvalue weighted by Crippen LogP contribution is -2.25. The minimum Gasteiger partial charge on any atom is -0.451 e. The fourth-order valence-electron chi connectivity index (χ4n) is 0.658. The van der Waals surface area contributed by atoms with Crippen molar-refractivity contribution in [1.82, 2.24) is 4.98 Å². The molecule has 0 aliphatic rings. The lowest BCUT2D eigenvalue weighted by Gasteiger charge is -2.16. The SMILES string of the molecule is C#CC(C)(C)Oc1nc(Cl)c(C=O)s1. The zero-order valence-electron chi connectivity index (χ0n) is 7.70. The first-order chi connectivity index (χ1) is 6.48. The number of nitrogens with zero attached hydrogens (tertiary/aromatic N) is 1. The summed E-state index contributed by atoms with van der Waals surface area (Å²) < 4.78 is 5.34. The Bertz CT molecular complexity index is 392. The van der Waals surface area contributed by atoms with Gasteiger partial charge in [0.2, 0.25) is 0 Å². The monoisotopic (exact) mass is 229 g/mol. The number of aldehydes is 1. The van der Waals surface area contributed by atoms with E-state index >= 15 is 0 Å². The van der Waals surface area contributed by atoms with Gasteiger partial charge in [-0.2, -0.15) is 4.98 Å². The van der Waals surface area contributed by atoms with Gasteiger partial charge in [0.25, 0.3) is 5.19 Å². The van der Waals surface area contributed by atoms with Crippen LogP contribution >= 0.6 is 22.9 Å². The molecule has 0 fully saturated rings. The molecule has 0 aromatic carbocycles. The van der Waals surface area contributed by atoms with Gasteiger partial charge in [0, 0.05) is 0 Å². The fourth-order valence-corrected chi connectivity index (χ4v) is 1.70. The number of carbonyl (C=O) groups excluding carboxylic acids is 1. The third kappa shape index (κ3) is 2.47. The van der Waals surface area contributed by atoms with Gasteiger partial charge in [-0.05, 0) is 13.8 Å². The lowest BCUT2D eigenvalue weighted by molar-refractivity contribution is 0.112. The molecule has 3 nitrogen and oxygen atoms in total. The topological polar surface area (TPSA) is 39.2 Å². The molecule has 0 spiro atoms. The summed E-state index contributed by atoms with van der Waals surface area (Å²) >= 11 is 6.73. The Labute approximate surface area is 91.1 Å². The van der Waals surface area contributed by atoms with Gasteiger partial charge in [-0.15, -0.1) is 6.42 Å². The smallest absolute Gasteiger partial charge is 0.276 e. The summed E-state index contributed by atoms with van der Waals surface area (Å²) in [7, 11) is 0. The van der Waals surface area contributed by atoms with Gasteiger partial charge in [0.15, 0.2) is 17.0 Å². The zero-order chi connectivity index (χ0) is 10.8. The number of halogens is 1. The normalized spacial score (nSPS) is 10.7. The van der Waals surface area contributed by atoms with Gasteiger partial charge in [0.05, 0.1) is 0 Å². The van der Waals surface area contributed by atoms with E-state index in [0.29, 0.717) is 16.4 Å². The number of rotatable bonds is 3. The van der Waals surface area contributed by atoms with E-state index in [0.717, 1.165) is 11.3 Å². The predicted molar refractivity (Wildman–Crippen MR) is 56.1 cm³/mol. The van der Waals surface area contributed by atoms with E-state index in [1.807, 2.05) is 0 Å². The van der Waals surface area contributed by atoms with Crippen molar-refractivity contribution in [2.75, 3.05) is 0 Å². The van der Waals surface area contributed by atoms with E-state index in [1.165, 1.54) is 0 Å². The number of aromatic nitrogens is 1. The zero-order valence-corrected chi connectivity index (χ0v) is 9.28. The van der Waals surface area contributed by atoms with Crippen molar-refractivity contribution < 1.29 is 9.53 Å². The van der Waals surface area contributed by atoms with Crippen LogP contribution < -0.4 is 4.74 Å². The minimum absolute atomic E-state index is 0.146. The maximum absolute atomic E-state index is 10.5. The van der Waals surface area contributed by atoms with Crippen LogP contribution in [0.1, 0.15) is 23.5 Å². The van der Waals surface area contributed by atoms with Crippen molar-refractivity contribution in [3.63, 3.8) is 0 Å². The molecule has 0 aliphatic heterocycles.